The maximum absolute atomic E-state index is 13.3. The number of carbonyl (C=O) groups excluding carboxylic acids is 2. The van der Waals surface area contributed by atoms with E-state index >= 15 is 0 Å². The van der Waals surface area contributed by atoms with Crippen molar-refractivity contribution in [2.75, 3.05) is 6.54 Å². The van der Waals surface area contributed by atoms with Crippen LogP contribution in [-0.2, 0) is 19.4 Å². The second kappa shape index (κ2) is 7.66. The first-order valence-corrected chi connectivity index (χ1v) is 11.6. The van der Waals surface area contributed by atoms with Crippen LogP contribution in [0.2, 0.25) is 5.02 Å². The minimum absolute atomic E-state index is 0.0386. The zero-order valence-corrected chi connectivity index (χ0v) is 18.2. The van der Waals surface area contributed by atoms with E-state index in [4.69, 9.17) is 11.6 Å². The van der Waals surface area contributed by atoms with Crippen LogP contribution in [0.1, 0.15) is 26.2 Å². The van der Waals surface area contributed by atoms with Gasteiger partial charge in [0.1, 0.15) is 11.6 Å². The quantitative estimate of drug-likeness (QED) is 0.718. The minimum atomic E-state index is -3.92. The molecule has 1 saturated carbocycles. The number of hydrogen-bond donors (Lipinski definition) is 1. The van der Waals surface area contributed by atoms with E-state index in [9.17, 15) is 23.3 Å². The third kappa shape index (κ3) is 3.91. The van der Waals surface area contributed by atoms with Crippen LogP contribution in [0.5, 0.6) is 0 Å². The number of rotatable bonds is 5. The van der Waals surface area contributed by atoms with Crippen molar-refractivity contribution in [2.45, 2.75) is 47.9 Å². The molecule has 0 bridgehead atoms. The fraction of sp³-hybridized carbons (Fsp3) is 0.400. The predicted molar refractivity (Wildman–Crippen MR) is 111 cm³/mol. The monoisotopic (exact) mass is 461 g/mol. The molecule has 2 aliphatic rings. The molecule has 0 spiro atoms. The molecule has 31 heavy (non-hydrogen) atoms. The standard InChI is InChI=1S/C20H20ClN5O4S/c1-13(27)25-11-15(10-17(25)19(28)24-20(12-22)5-6-20)31(29,30)18-4-3-14(9-16(18)21)26-8-2-7-23-26/h2-4,7-9,15,17H,5-6,10-11H2,1H3,(H,24,28)/t15-,17+/m1/s1. The van der Waals surface area contributed by atoms with E-state index < -0.39 is 38.5 Å². The summed E-state index contributed by atoms with van der Waals surface area (Å²) in [4.78, 5) is 26.0. The number of halogens is 1. The Morgan fingerprint density at radius 3 is 2.65 bits per heavy atom. The van der Waals surface area contributed by atoms with Gasteiger partial charge < -0.3 is 10.2 Å². The van der Waals surface area contributed by atoms with E-state index in [1.54, 1.807) is 29.2 Å². The van der Waals surface area contributed by atoms with Gasteiger partial charge in [0.15, 0.2) is 9.84 Å². The topological polar surface area (TPSA) is 125 Å². The number of nitrogens with one attached hydrogen (secondary N) is 1. The van der Waals surface area contributed by atoms with Crippen molar-refractivity contribution in [3.05, 3.63) is 41.7 Å². The zero-order chi connectivity index (χ0) is 22.4. The number of sulfone groups is 1. The highest BCUT2D eigenvalue weighted by Crippen LogP contribution is 2.36. The fourth-order valence-electron chi connectivity index (χ4n) is 3.79. The number of likely N-dealkylation sites (tertiary alicyclic amines) is 1. The number of benzene rings is 1. The number of amides is 2. The number of carbonyl (C=O) groups is 2. The molecule has 2 aromatic rings. The molecule has 162 valence electrons. The Labute approximate surface area is 184 Å². The van der Waals surface area contributed by atoms with Crippen LogP contribution >= 0.6 is 11.6 Å². The summed E-state index contributed by atoms with van der Waals surface area (Å²) in [5.41, 5.74) is -0.295. The van der Waals surface area contributed by atoms with Gasteiger partial charge in [-0.25, -0.2) is 13.1 Å². The van der Waals surface area contributed by atoms with Crippen molar-refractivity contribution in [3.63, 3.8) is 0 Å². The van der Waals surface area contributed by atoms with Gasteiger partial charge in [0.05, 0.1) is 26.9 Å². The third-order valence-corrected chi connectivity index (χ3v) is 8.34. The molecule has 1 saturated heterocycles. The van der Waals surface area contributed by atoms with Gasteiger partial charge in [-0.1, -0.05) is 11.6 Å². The second-order valence-corrected chi connectivity index (χ2v) is 10.4. The Morgan fingerprint density at radius 2 is 2.10 bits per heavy atom. The number of nitrogens with zero attached hydrogens (tertiary/aromatic N) is 4. The van der Waals surface area contributed by atoms with Gasteiger partial charge in [-0.3, -0.25) is 9.59 Å². The van der Waals surface area contributed by atoms with Gasteiger partial charge in [-0.05, 0) is 43.5 Å². The molecule has 1 aromatic carbocycles. The Kier molecular flexibility index (Phi) is 5.27. The van der Waals surface area contributed by atoms with Gasteiger partial charge in [0, 0.05) is 25.9 Å². The van der Waals surface area contributed by atoms with Crippen LogP contribution in [0.15, 0.2) is 41.6 Å². The average molecular weight is 462 g/mol. The summed E-state index contributed by atoms with van der Waals surface area (Å²) < 4.78 is 28.2. The lowest BCUT2D eigenvalue weighted by Gasteiger charge is -2.23. The summed E-state index contributed by atoms with van der Waals surface area (Å²) >= 11 is 6.31. The first-order chi connectivity index (χ1) is 14.7. The van der Waals surface area contributed by atoms with Crippen molar-refractivity contribution in [3.8, 4) is 11.8 Å². The predicted octanol–water partition coefficient (Wildman–Crippen LogP) is 1.46. The van der Waals surface area contributed by atoms with Crippen LogP contribution in [0.4, 0.5) is 0 Å². The molecule has 1 aliphatic heterocycles. The molecule has 4 rings (SSSR count). The molecule has 2 amide bonds. The molecule has 11 heteroatoms. The van der Waals surface area contributed by atoms with Gasteiger partial charge in [-0.2, -0.15) is 10.4 Å². The maximum atomic E-state index is 13.3. The molecular formula is C20H20ClN5O4S. The van der Waals surface area contributed by atoms with E-state index in [1.807, 2.05) is 0 Å². The summed E-state index contributed by atoms with van der Waals surface area (Å²) in [5, 5.41) is 15.0. The Hall–Kier alpha value is -2.90. The SMILES string of the molecule is CC(=O)N1C[C@H](S(=O)(=O)c2ccc(-n3cccn3)cc2Cl)C[C@H]1C(=O)NC1(C#N)CC1. The Balaban J connectivity index is 1.59. The molecule has 2 heterocycles. The van der Waals surface area contributed by atoms with Gasteiger partial charge >= 0.3 is 0 Å². The van der Waals surface area contributed by atoms with Crippen LogP contribution in [-0.4, -0.2) is 58.3 Å². The molecular weight excluding hydrogens is 442 g/mol. The third-order valence-electron chi connectivity index (χ3n) is 5.73. The number of nitriles is 1. The molecule has 0 unspecified atom stereocenters. The molecule has 0 radical (unpaired) electrons. The van der Waals surface area contributed by atoms with Crippen LogP contribution in [0, 0.1) is 11.3 Å². The van der Waals surface area contributed by atoms with Crippen LogP contribution in [0.3, 0.4) is 0 Å². The number of hydrogen-bond acceptors (Lipinski definition) is 6. The highest BCUT2D eigenvalue weighted by atomic mass is 35.5. The second-order valence-electron chi connectivity index (χ2n) is 7.84. The van der Waals surface area contributed by atoms with Crippen molar-refractivity contribution in [2.24, 2.45) is 0 Å². The van der Waals surface area contributed by atoms with Gasteiger partial charge in [0.25, 0.3) is 0 Å². The van der Waals surface area contributed by atoms with E-state index in [2.05, 4.69) is 16.5 Å². The van der Waals surface area contributed by atoms with Crippen LogP contribution < -0.4 is 5.32 Å². The highest BCUT2D eigenvalue weighted by molar-refractivity contribution is 7.92. The van der Waals surface area contributed by atoms with Crippen molar-refractivity contribution >= 4 is 33.3 Å². The largest absolute Gasteiger partial charge is 0.336 e. The van der Waals surface area contributed by atoms with Crippen molar-refractivity contribution in [1.82, 2.24) is 20.0 Å². The van der Waals surface area contributed by atoms with E-state index in [0.29, 0.717) is 18.5 Å². The summed E-state index contributed by atoms with van der Waals surface area (Å²) in [6.45, 7) is 1.17. The Bertz CT molecular complexity index is 1180. The lowest BCUT2D eigenvalue weighted by Crippen LogP contribution is -2.48. The minimum Gasteiger partial charge on any atom is -0.336 e. The Morgan fingerprint density at radius 1 is 1.35 bits per heavy atom. The van der Waals surface area contributed by atoms with Gasteiger partial charge in [0.2, 0.25) is 11.8 Å². The summed E-state index contributed by atoms with van der Waals surface area (Å²) in [6, 6.07) is 7.36. The first kappa shape index (κ1) is 21.3. The average Bonchev–Trinajstić information content (AvgIpc) is 3.13. The molecule has 9 nitrogen and oxygen atoms in total. The summed E-state index contributed by atoms with van der Waals surface area (Å²) in [7, 11) is -3.92. The van der Waals surface area contributed by atoms with Crippen LogP contribution in [0.25, 0.3) is 5.69 Å². The number of aromatic nitrogens is 2. The lowest BCUT2D eigenvalue weighted by atomic mass is 10.2. The molecule has 1 N–H and O–H groups in total. The first-order valence-electron chi connectivity index (χ1n) is 9.71. The van der Waals surface area contributed by atoms with Crippen molar-refractivity contribution in [1.29, 1.82) is 5.26 Å². The van der Waals surface area contributed by atoms with E-state index in [0.717, 1.165) is 0 Å². The zero-order valence-electron chi connectivity index (χ0n) is 16.7. The molecule has 2 fully saturated rings. The maximum Gasteiger partial charge on any atom is 0.244 e. The molecule has 2 atom stereocenters. The molecule has 1 aromatic heterocycles. The highest BCUT2D eigenvalue weighted by Gasteiger charge is 2.50. The molecule has 1 aliphatic carbocycles. The summed E-state index contributed by atoms with van der Waals surface area (Å²) in [6.07, 6.45) is 4.33. The van der Waals surface area contributed by atoms with Gasteiger partial charge in [-0.15, -0.1) is 0 Å². The lowest BCUT2D eigenvalue weighted by molar-refractivity contribution is -0.137. The fourth-order valence-corrected chi connectivity index (χ4v) is 6.03. The smallest absolute Gasteiger partial charge is 0.244 e. The summed E-state index contributed by atoms with van der Waals surface area (Å²) in [5.74, 6) is -0.910. The van der Waals surface area contributed by atoms with E-state index in [1.165, 1.54) is 24.0 Å². The normalized spacial score (nSPS) is 22.0. The van der Waals surface area contributed by atoms with E-state index in [-0.39, 0.29) is 22.9 Å². The van der Waals surface area contributed by atoms with Crippen molar-refractivity contribution < 1.29 is 18.0 Å².